The number of aromatic nitrogens is 1. The predicted molar refractivity (Wildman–Crippen MR) is 109 cm³/mol. The standard InChI is InChI=1S/C21H20N2O4S/c1-25-11-10-23(13-15-6-7-17-18(12-15)27-14-26-17)21(24)9-8-20-22-16-4-2-3-5-19(16)28-20/h2-9,12H,10-11,13-14H2,1H3. The van der Waals surface area contributed by atoms with Crippen LogP contribution in [-0.2, 0) is 16.1 Å². The normalized spacial score (nSPS) is 12.8. The van der Waals surface area contributed by atoms with E-state index in [0.717, 1.165) is 26.5 Å². The van der Waals surface area contributed by atoms with Gasteiger partial charge in [-0.05, 0) is 35.9 Å². The summed E-state index contributed by atoms with van der Waals surface area (Å²) in [5.74, 6) is 1.35. The van der Waals surface area contributed by atoms with Gasteiger partial charge in [0.2, 0.25) is 12.7 Å². The van der Waals surface area contributed by atoms with Gasteiger partial charge in [-0.15, -0.1) is 11.3 Å². The van der Waals surface area contributed by atoms with Crippen LogP contribution in [0.3, 0.4) is 0 Å². The molecule has 0 bridgehead atoms. The van der Waals surface area contributed by atoms with Crippen LogP contribution in [0.2, 0.25) is 0 Å². The Labute approximate surface area is 167 Å². The number of fused-ring (bicyclic) bond motifs is 2. The molecule has 0 saturated carbocycles. The summed E-state index contributed by atoms with van der Waals surface area (Å²) in [6, 6.07) is 13.7. The zero-order valence-electron chi connectivity index (χ0n) is 15.5. The molecule has 2 aromatic carbocycles. The second-order valence-electron chi connectivity index (χ2n) is 6.29. The van der Waals surface area contributed by atoms with Gasteiger partial charge in [0.25, 0.3) is 0 Å². The van der Waals surface area contributed by atoms with Crippen LogP contribution in [-0.4, -0.2) is 42.8 Å². The third-order valence-corrected chi connectivity index (χ3v) is 5.37. The lowest BCUT2D eigenvalue weighted by atomic mass is 10.2. The molecule has 0 spiro atoms. The van der Waals surface area contributed by atoms with Gasteiger partial charge in [-0.2, -0.15) is 0 Å². The molecule has 3 aromatic rings. The van der Waals surface area contributed by atoms with Crippen molar-refractivity contribution in [3.8, 4) is 11.5 Å². The number of nitrogens with zero attached hydrogens (tertiary/aromatic N) is 2. The quantitative estimate of drug-likeness (QED) is 0.570. The van der Waals surface area contributed by atoms with Crippen molar-refractivity contribution < 1.29 is 19.0 Å². The Morgan fingerprint density at radius 2 is 2.11 bits per heavy atom. The number of amides is 1. The number of carbonyl (C=O) groups is 1. The summed E-state index contributed by atoms with van der Waals surface area (Å²) in [5, 5.41) is 0.810. The number of rotatable bonds is 7. The van der Waals surface area contributed by atoms with Crippen LogP contribution in [0.5, 0.6) is 11.5 Å². The van der Waals surface area contributed by atoms with Gasteiger partial charge in [0.1, 0.15) is 5.01 Å². The van der Waals surface area contributed by atoms with Gasteiger partial charge in [0.15, 0.2) is 11.5 Å². The Kier molecular flexibility index (Phi) is 5.55. The van der Waals surface area contributed by atoms with E-state index >= 15 is 0 Å². The molecule has 144 valence electrons. The van der Waals surface area contributed by atoms with Gasteiger partial charge in [0, 0.05) is 26.3 Å². The van der Waals surface area contributed by atoms with Gasteiger partial charge in [-0.25, -0.2) is 4.98 Å². The molecular weight excluding hydrogens is 376 g/mol. The number of benzene rings is 2. The molecule has 1 aromatic heterocycles. The highest BCUT2D eigenvalue weighted by Gasteiger charge is 2.16. The lowest BCUT2D eigenvalue weighted by Crippen LogP contribution is -2.32. The molecule has 28 heavy (non-hydrogen) atoms. The highest BCUT2D eigenvalue weighted by atomic mass is 32.1. The summed E-state index contributed by atoms with van der Waals surface area (Å²) in [4.78, 5) is 19.1. The van der Waals surface area contributed by atoms with E-state index in [4.69, 9.17) is 14.2 Å². The van der Waals surface area contributed by atoms with Crippen molar-refractivity contribution >= 4 is 33.5 Å². The first-order valence-corrected chi connectivity index (χ1v) is 9.74. The lowest BCUT2D eigenvalue weighted by molar-refractivity contribution is -0.127. The number of hydrogen-bond acceptors (Lipinski definition) is 6. The van der Waals surface area contributed by atoms with E-state index in [1.165, 1.54) is 0 Å². The van der Waals surface area contributed by atoms with Crippen molar-refractivity contribution in [2.75, 3.05) is 27.1 Å². The molecule has 0 unspecified atom stereocenters. The molecule has 6 nitrogen and oxygen atoms in total. The third-order valence-electron chi connectivity index (χ3n) is 4.37. The number of hydrogen-bond donors (Lipinski definition) is 0. The SMILES string of the molecule is COCCN(Cc1ccc2c(c1)OCO2)C(=O)C=Cc1nc2ccccc2s1. The summed E-state index contributed by atoms with van der Waals surface area (Å²) in [6.07, 6.45) is 3.34. The number of ether oxygens (including phenoxy) is 3. The highest BCUT2D eigenvalue weighted by molar-refractivity contribution is 7.19. The summed E-state index contributed by atoms with van der Waals surface area (Å²) < 4.78 is 17.0. The van der Waals surface area contributed by atoms with Crippen LogP contribution < -0.4 is 9.47 Å². The van der Waals surface area contributed by atoms with E-state index in [1.54, 1.807) is 35.5 Å². The summed E-state index contributed by atoms with van der Waals surface area (Å²) in [5.41, 5.74) is 1.92. The Bertz CT molecular complexity index is 982. The zero-order valence-corrected chi connectivity index (χ0v) is 16.3. The van der Waals surface area contributed by atoms with Crippen LogP contribution >= 0.6 is 11.3 Å². The van der Waals surface area contributed by atoms with Gasteiger partial charge in [-0.3, -0.25) is 4.79 Å². The monoisotopic (exact) mass is 396 g/mol. The van der Waals surface area contributed by atoms with Crippen LogP contribution in [0.25, 0.3) is 16.3 Å². The summed E-state index contributed by atoms with van der Waals surface area (Å²) >= 11 is 1.56. The predicted octanol–water partition coefficient (Wildman–Crippen LogP) is 3.71. The van der Waals surface area contributed by atoms with Gasteiger partial charge < -0.3 is 19.1 Å². The van der Waals surface area contributed by atoms with Crippen molar-refractivity contribution in [1.29, 1.82) is 0 Å². The lowest BCUT2D eigenvalue weighted by Gasteiger charge is -2.21. The molecule has 0 fully saturated rings. The average Bonchev–Trinajstić information content (AvgIpc) is 3.35. The van der Waals surface area contributed by atoms with E-state index in [0.29, 0.717) is 25.4 Å². The Hall–Kier alpha value is -2.90. The van der Waals surface area contributed by atoms with Crippen molar-refractivity contribution in [1.82, 2.24) is 9.88 Å². The average molecular weight is 396 g/mol. The van der Waals surface area contributed by atoms with Gasteiger partial charge >= 0.3 is 0 Å². The van der Waals surface area contributed by atoms with Crippen LogP contribution in [0, 0.1) is 0 Å². The first-order chi connectivity index (χ1) is 13.7. The van der Waals surface area contributed by atoms with Crippen LogP contribution in [0.4, 0.5) is 0 Å². The topological polar surface area (TPSA) is 60.9 Å². The molecular formula is C21H20N2O4S. The zero-order chi connectivity index (χ0) is 19.3. The van der Waals surface area contributed by atoms with E-state index < -0.39 is 0 Å². The van der Waals surface area contributed by atoms with Crippen LogP contribution in [0.1, 0.15) is 10.6 Å². The molecule has 1 aliphatic rings. The Morgan fingerprint density at radius 1 is 1.25 bits per heavy atom. The van der Waals surface area contributed by atoms with Crippen molar-refractivity contribution in [3.63, 3.8) is 0 Å². The summed E-state index contributed by atoms with van der Waals surface area (Å²) in [6.45, 7) is 1.65. The second kappa shape index (κ2) is 8.41. The maximum Gasteiger partial charge on any atom is 0.247 e. The Morgan fingerprint density at radius 3 is 2.96 bits per heavy atom. The molecule has 7 heteroatoms. The molecule has 2 heterocycles. The molecule has 0 aliphatic carbocycles. The van der Waals surface area contributed by atoms with Crippen molar-refractivity contribution in [3.05, 3.63) is 59.1 Å². The first kappa shape index (κ1) is 18.5. The fourth-order valence-electron chi connectivity index (χ4n) is 2.94. The number of thiazole rings is 1. The third kappa shape index (κ3) is 4.16. The van der Waals surface area contributed by atoms with E-state index in [-0.39, 0.29) is 12.7 Å². The molecule has 1 aliphatic heterocycles. The minimum Gasteiger partial charge on any atom is -0.454 e. The highest BCUT2D eigenvalue weighted by Crippen LogP contribution is 2.32. The number of carbonyl (C=O) groups excluding carboxylic acids is 1. The molecule has 0 N–H and O–H groups in total. The van der Waals surface area contributed by atoms with Gasteiger partial charge in [-0.1, -0.05) is 18.2 Å². The smallest absolute Gasteiger partial charge is 0.247 e. The number of methoxy groups -OCH3 is 1. The largest absolute Gasteiger partial charge is 0.454 e. The molecule has 0 saturated heterocycles. The second-order valence-corrected chi connectivity index (χ2v) is 7.36. The fraction of sp³-hybridized carbons (Fsp3) is 0.238. The molecule has 4 rings (SSSR count). The number of para-hydroxylation sites is 1. The van der Waals surface area contributed by atoms with Crippen molar-refractivity contribution in [2.45, 2.75) is 6.54 Å². The maximum atomic E-state index is 12.8. The van der Waals surface area contributed by atoms with Crippen LogP contribution in [0.15, 0.2) is 48.5 Å². The Balaban J connectivity index is 1.48. The minimum absolute atomic E-state index is 0.0889. The molecule has 1 amide bonds. The van der Waals surface area contributed by atoms with E-state index in [9.17, 15) is 4.79 Å². The van der Waals surface area contributed by atoms with E-state index in [1.807, 2.05) is 42.5 Å². The summed E-state index contributed by atoms with van der Waals surface area (Å²) in [7, 11) is 1.63. The fourth-order valence-corrected chi connectivity index (χ4v) is 3.81. The molecule has 0 radical (unpaired) electrons. The molecule has 0 atom stereocenters. The van der Waals surface area contributed by atoms with Crippen molar-refractivity contribution in [2.24, 2.45) is 0 Å². The first-order valence-electron chi connectivity index (χ1n) is 8.93. The maximum absolute atomic E-state index is 12.8. The van der Waals surface area contributed by atoms with Gasteiger partial charge in [0.05, 0.1) is 16.8 Å². The minimum atomic E-state index is -0.0889. The van der Waals surface area contributed by atoms with E-state index in [2.05, 4.69) is 4.98 Å².